The lowest BCUT2D eigenvalue weighted by Gasteiger charge is -2.05. The van der Waals surface area contributed by atoms with Crippen molar-refractivity contribution in [2.45, 2.75) is 0 Å². The SMILES string of the molecule is NC(=S)COc1cc(Cl)cc(Cl)c1. The van der Waals surface area contributed by atoms with Gasteiger partial charge < -0.3 is 10.5 Å². The summed E-state index contributed by atoms with van der Waals surface area (Å²) >= 11 is 16.1. The maximum Gasteiger partial charge on any atom is 0.138 e. The van der Waals surface area contributed by atoms with Crippen molar-refractivity contribution in [3.05, 3.63) is 28.2 Å². The summed E-state index contributed by atoms with van der Waals surface area (Å²) in [6.45, 7) is 0.187. The highest BCUT2D eigenvalue weighted by Gasteiger charge is 1.99. The summed E-state index contributed by atoms with van der Waals surface area (Å²) < 4.78 is 5.19. The van der Waals surface area contributed by atoms with Gasteiger partial charge in [-0.15, -0.1) is 0 Å². The lowest BCUT2D eigenvalue weighted by Crippen LogP contribution is -2.17. The van der Waals surface area contributed by atoms with Crippen LogP contribution in [0, 0.1) is 0 Å². The van der Waals surface area contributed by atoms with Crippen LogP contribution < -0.4 is 10.5 Å². The predicted octanol–water partition coefficient (Wildman–Crippen LogP) is 2.66. The number of hydrogen-bond donors (Lipinski definition) is 1. The number of nitrogens with two attached hydrogens (primary N) is 1. The first-order chi connectivity index (χ1) is 6.08. The zero-order valence-electron chi connectivity index (χ0n) is 6.59. The number of rotatable bonds is 3. The van der Waals surface area contributed by atoms with Gasteiger partial charge in [0.05, 0.1) is 0 Å². The van der Waals surface area contributed by atoms with Gasteiger partial charge in [0.2, 0.25) is 0 Å². The van der Waals surface area contributed by atoms with E-state index < -0.39 is 0 Å². The number of ether oxygens (including phenoxy) is 1. The maximum atomic E-state index is 5.74. The van der Waals surface area contributed by atoms with E-state index in [2.05, 4.69) is 12.2 Å². The number of thiocarbonyl (C=S) groups is 1. The Morgan fingerprint density at radius 2 is 1.85 bits per heavy atom. The number of hydrogen-bond acceptors (Lipinski definition) is 2. The zero-order valence-corrected chi connectivity index (χ0v) is 8.92. The second-order valence-electron chi connectivity index (χ2n) is 2.36. The van der Waals surface area contributed by atoms with Crippen LogP contribution in [0.5, 0.6) is 5.75 Å². The van der Waals surface area contributed by atoms with Crippen molar-refractivity contribution in [1.29, 1.82) is 0 Å². The third-order valence-corrected chi connectivity index (χ3v) is 1.77. The molecule has 0 aromatic heterocycles. The minimum absolute atomic E-state index is 0.187. The Hall–Kier alpha value is -0.510. The molecule has 0 aliphatic carbocycles. The molecule has 2 nitrogen and oxygen atoms in total. The van der Waals surface area contributed by atoms with Gasteiger partial charge in [-0.2, -0.15) is 0 Å². The second kappa shape index (κ2) is 4.65. The van der Waals surface area contributed by atoms with Crippen molar-refractivity contribution in [2.24, 2.45) is 5.73 Å². The van der Waals surface area contributed by atoms with E-state index in [4.69, 9.17) is 33.7 Å². The van der Waals surface area contributed by atoms with Crippen LogP contribution in [-0.4, -0.2) is 11.6 Å². The standard InChI is InChI=1S/C8H7Cl2NOS/c9-5-1-6(10)3-7(2-5)12-4-8(11)13/h1-3H,4H2,(H2,11,13). The van der Waals surface area contributed by atoms with Crippen molar-refractivity contribution in [3.63, 3.8) is 0 Å². The first-order valence-electron chi connectivity index (χ1n) is 3.45. The maximum absolute atomic E-state index is 5.74. The van der Waals surface area contributed by atoms with Crippen molar-refractivity contribution < 1.29 is 4.74 Å². The van der Waals surface area contributed by atoms with E-state index in [1.807, 2.05) is 0 Å². The molecule has 0 amide bonds. The quantitative estimate of drug-likeness (QED) is 0.819. The lowest BCUT2D eigenvalue weighted by atomic mass is 10.3. The van der Waals surface area contributed by atoms with E-state index in [-0.39, 0.29) is 11.6 Å². The molecule has 5 heteroatoms. The summed E-state index contributed by atoms with van der Waals surface area (Å²) in [6.07, 6.45) is 0. The third-order valence-electron chi connectivity index (χ3n) is 1.22. The van der Waals surface area contributed by atoms with E-state index in [9.17, 15) is 0 Å². The van der Waals surface area contributed by atoms with Gasteiger partial charge in [-0.1, -0.05) is 35.4 Å². The first-order valence-corrected chi connectivity index (χ1v) is 4.61. The van der Waals surface area contributed by atoms with E-state index in [1.54, 1.807) is 18.2 Å². The van der Waals surface area contributed by atoms with Crippen LogP contribution in [0.3, 0.4) is 0 Å². The second-order valence-corrected chi connectivity index (χ2v) is 3.76. The molecule has 13 heavy (non-hydrogen) atoms. The van der Waals surface area contributed by atoms with E-state index in [0.29, 0.717) is 15.8 Å². The highest BCUT2D eigenvalue weighted by Crippen LogP contribution is 2.23. The molecule has 0 spiro atoms. The molecular formula is C8H7Cl2NOS. The van der Waals surface area contributed by atoms with Crippen molar-refractivity contribution in [3.8, 4) is 5.75 Å². The summed E-state index contributed by atoms with van der Waals surface area (Å²) in [5.41, 5.74) is 5.26. The van der Waals surface area contributed by atoms with Gasteiger partial charge in [0.15, 0.2) is 0 Å². The molecule has 0 aliphatic rings. The van der Waals surface area contributed by atoms with Gasteiger partial charge in [0.25, 0.3) is 0 Å². The van der Waals surface area contributed by atoms with Crippen LogP contribution in [0.15, 0.2) is 18.2 Å². The largest absolute Gasteiger partial charge is 0.486 e. The smallest absolute Gasteiger partial charge is 0.138 e. The fourth-order valence-corrected chi connectivity index (χ4v) is 1.33. The zero-order chi connectivity index (χ0) is 9.84. The van der Waals surface area contributed by atoms with E-state index in [1.165, 1.54) is 0 Å². The molecule has 0 radical (unpaired) electrons. The van der Waals surface area contributed by atoms with Gasteiger partial charge in [-0.25, -0.2) is 0 Å². The molecule has 1 aromatic carbocycles. The molecule has 2 N–H and O–H groups in total. The molecular weight excluding hydrogens is 229 g/mol. The molecule has 1 rings (SSSR count). The average molecular weight is 236 g/mol. The van der Waals surface area contributed by atoms with Gasteiger partial charge in [-0.3, -0.25) is 0 Å². The minimum Gasteiger partial charge on any atom is -0.486 e. The highest BCUT2D eigenvalue weighted by atomic mass is 35.5. The first kappa shape index (κ1) is 10.6. The normalized spacial score (nSPS) is 9.69. The summed E-state index contributed by atoms with van der Waals surface area (Å²) in [7, 11) is 0. The van der Waals surface area contributed by atoms with Crippen LogP contribution in [0.25, 0.3) is 0 Å². The number of halogens is 2. The van der Waals surface area contributed by atoms with Crippen molar-refractivity contribution in [2.75, 3.05) is 6.61 Å². The Labute approximate surface area is 91.6 Å². The molecule has 0 heterocycles. The molecule has 0 atom stereocenters. The summed E-state index contributed by atoms with van der Waals surface area (Å²) in [5, 5.41) is 1.04. The molecule has 0 bridgehead atoms. The predicted molar refractivity (Wildman–Crippen MR) is 58.7 cm³/mol. The summed E-state index contributed by atoms with van der Waals surface area (Å²) in [4.78, 5) is 0.288. The van der Waals surface area contributed by atoms with Gasteiger partial charge in [-0.05, 0) is 18.2 Å². The molecule has 70 valence electrons. The van der Waals surface area contributed by atoms with E-state index >= 15 is 0 Å². The topological polar surface area (TPSA) is 35.2 Å². The average Bonchev–Trinajstić information content (AvgIpc) is 1.99. The van der Waals surface area contributed by atoms with Crippen LogP contribution in [-0.2, 0) is 0 Å². The Bertz CT molecular complexity index is 310. The van der Waals surface area contributed by atoms with Crippen molar-refractivity contribution >= 4 is 40.4 Å². The van der Waals surface area contributed by atoms with Crippen LogP contribution in [0.2, 0.25) is 10.0 Å². The van der Waals surface area contributed by atoms with Crippen LogP contribution >= 0.6 is 35.4 Å². The minimum atomic E-state index is 0.187. The van der Waals surface area contributed by atoms with Gasteiger partial charge >= 0.3 is 0 Å². The Kier molecular flexibility index (Phi) is 3.78. The van der Waals surface area contributed by atoms with Gasteiger partial charge in [0, 0.05) is 10.0 Å². The van der Waals surface area contributed by atoms with Crippen LogP contribution in [0.4, 0.5) is 0 Å². The highest BCUT2D eigenvalue weighted by molar-refractivity contribution is 7.80. The summed E-state index contributed by atoms with van der Waals surface area (Å²) in [5.74, 6) is 0.560. The number of benzene rings is 1. The molecule has 0 unspecified atom stereocenters. The Morgan fingerprint density at radius 1 is 1.31 bits per heavy atom. The fraction of sp³-hybridized carbons (Fsp3) is 0.125. The van der Waals surface area contributed by atoms with Crippen LogP contribution in [0.1, 0.15) is 0 Å². The molecule has 0 saturated carbocycles. The molecule has 0 aliphatic heterocycles. The Balaban J connectivity index is 2.71. The monoisotopic (exact) mass is 235 g/mol. The Morgan fingerprint density at radius 3 is 2.31 bits per heavy atom. The van der Waals surface area contributed by atoms with Gasteiger partial charge in [0.1, 0.15) is 17.3 Å². The third kappa shape index (κ3) is 3.81. The van der Waals surface area contributed by atoms with Crippen molar-refractivity contribution in [1.82, 2.24) is 0 Å². The summed E-state index contributed by atoms with van der Waals surface area (Å²) in [6, 6.07) is 4.91. The molecule has 0 saturated heterocycles. The molecule has 0 fully saturated rings. The lowest BCUT2D eigenvalue weighted by molar-refractivity contribution is 0.377. The molecule has 1 aromatic rings. The van der Waals surface area contributed by atoms with E-state index in [0.717, 1.165) is 0 Å². The fourth-order valence-electron chi connectivity index (χ4n) is 0.766.